The minimum absolute atomic E-state index is 0.0446. The molecule has 4 nitrogen and oxygen atoms in total. The van der Waals surface area contributed by atoms with Crippen LogP contribution < -0.4 is 11.5 Å². The fourth-order valence-electron chi connectivity index (χ4n) is 1.10. The number of amides is 1. The molecule has 0 heterocycles. The number of nitrogens with two attached hydrogens (primary N) is 2. The monoisotopic (exact) mass is 244 g/mol. The standard InChI is InChI=1S/C10H13FN2O2S/c1-6(10(13)14)5-16(15)9-4-7(11)2-3-8(9)12/h2-4,6H,5,12H2,1H3,(H2,13,14). The smallest absolute Gasteiger partial charge is 0.221 e. The maximum Gasteiger partial charge on any atom is 0.221 e. The normalized spacial score (nSPS) is 14.4. The first-order chi connectivity index (χ1) is 7.41. The van der Waals surface area contributed by atoms with Crippen molar-refractivity contribution < 1.29 is 13.4 Å². The van der Waals surface area contributed by atoms with Gasteiger partial charge < -0.3 is 11.5 Å². The van der Waals surface area contributed by atoms with E-state index in [9.17, 15) is 13.4 Å². The van der Waals surface area contributed by atoms with Crippen LogP contribution >= 0.6 is 0 Å². The van der Waals surface area contributed by atoms with Gasteiger partial charge >= 0.3 is 0 Å². The first-order valence-electron chi connectivity index (χ1n) is 4.64. The fraction of sp³-hybridized carbons (Fsp3) is 0.300. The van der Waals surface area contributed by atoms with Crippen LogP contribution in [0.25, 0.3) is 0 Å². The lowest BCUT2D eigenvalue weighted by Crippen LogP contribution is -2.25. The van der Waals surface area contributed by atoms with Crippen LogP contribution in [0.15, 0.2) is 23.1 Å². The molecule has 2 unspecified atom stereocenters. The Morgan fingerprint density at radius 1 is 1.56 bits per heavy atom. The van der Waals surface area contributed by atoms with Crippen LogP contribution in [-0.2, 0) is 15.6 Å². The van der Waals surface area contributed by atoms with E-state index in [0.717, 1.165) is 6.07 Å². The van der Waals surface area contributed by atoms with E-state index in [1.165, 1.54) is 12.1 Å². The molecule has 1 rings (SSSR count). The third kappa shape index (κ3) is 3.03. The number of rotatable bonds is 4. The lowest BCUT2D eigenvalue weighted by molar-refractivity contribution is -0.120. The van der Waals surface area contributed by atoms with Crippen molar-refractivity contribution in [3.05, 3.63) is 24.0 Å². The number of carbonyl (C=O) groups excluding carboxylic acids is 1. The highest BCUT2D eigenvalue weighted by Gasteiger charge is 2.16. The summed E-state index contributed by atoms with van der Waals surface area (Å²) in [7, 11) is -1.52. The molecule has 88 valence electrons. The van der Waals surface area contributed by atoms with Gasteiger partial charge in [-0.1, -0.05) is 6.92 Å². The molecular formula is C10H13FN2O2S. The summed E-state index contributed by atoms with van der Waals surface area (Å²) in [5.41, 5.74) is 10.9. The van der Waals surface area contributed by atoms with Crippen molar-refractivity contribution in [2.45, 2.75) is 11.8 Å². The second kappa shape index (κ2) is 5.07. The Balaban J connectivity index is 2.88. The minimum Gasteiger partial charge on any atom is -0.398 e. The van der Waals surface area contributed by atoms with Crippen molar-refractivity contribution in [1.29, 1.82) is 0 Å². The maximum atomic E-state index is 12.9. The lowest BCUT2D eigenvalue weighted by atomic mass is 10.2. The Morgan fingerprint density at radius 3 is 2.75 bits per heavy atom. The molecule has 0 aliphatic heterocycles. The molecule has 0 radical (unpaired) electrons. The molecule has 2 atom stereocenters. The first-order valence-corrected chi connectivity index (χ1v) is 5.96. The van der Waals surface area contributed by atoms with E-state index in [1.54, 1.807) is 6.92 Å². The van der Waals surface area contributed by atoms with Gasteiger partial charge in [0.15, 0.2) is 0 Å². The van der Waals surface area contributed by atoms with Crippen molar-refractivity contribution in [1.82, 2.24) is 0 Å². The van der Waals surface area contributed by atoms with Gasteiger partial charge in [0.25, 0.3) is 0 Å². The zero-order valence-corrected chi connectivity index (χ0v) is 9.59. The van der Waals surface area contributed by atoms with Crippen molar-refractivity contribution in [3.8, 4) is 0 Å². The zero-order chi connectivity index (χ0) is 12.3. The molecule has 1 aromatic carbocycles. The topological polar surface area (TPSA) is 86.2 Å². The molecule has 0 saturated heterocycles. The van der Waals surface area contributed by atoms with E-state index in [2.05, 4.69) is 0 Å². The third-order valence-electron chi connectivity index (χ3n) is 2.11. The van der Waals surface area contributed by atoms with Crippen LogP contribution in [0.2, 0.25) is 0 Å². The summed E-state index contributed by atoms with van der Waals surface area (Å²) < 4.78 is 24.7. The summed E-state index contributed by atoms with van der Waals surface area (Å²) in [6, 6.07) is 3.64. The van der Waals surface area contributed by atoms with E-state index in [1.807, 2.05) is 0 Å². The van der Waals surface area contributed by atoms with Gasteiger partial charge in [-0.15, -0.1) is 0 Å². The average molecular weight is 244 g/mol. The maximum absolute atomic E-state index is 12.9. The largest absolute Gasteiger partial charge is 0.398 e. The molecular weight excluding hydrogens is 231 g/mol. The SMILES string of the molecule is CC(CS(=O)c1cc(F)ccc1N)C(N)=O. The Morgan fingerprint density at radius 2 is 2.19 bits per heavy atom. The second-order valence-electron chi connectivity index (χ2n) is 3.50. The van der Waals surface area contributed by atoms with Crippen LogP contribution in [0, 0.1) is 11.7 Å². The highest BCUT2D eigenvalue weighted by Crippen LogP contribution is 2.19. The molecule has 0 spiro atoms. The van der Waals surface area contributed by atoms with Crippen molar-refractivity contribution in [3.63, 3.8) is 0 Å². The number of halogens is 1. The predicted octanol–water partition coefficient (Wildman–Crippen LogP) is 0.637. The van der Waals surface area contributed by atoms with Gasteiger partial charge in [-0.2, -0.15) is 0 Å². The molecule has 0 aliphatic carbocycles. The number of benzene rings is 1. The van der Waals surface area contributed by atoms with Gasteiger partial charge in [0.1, 0.15) is 5.82 Å². The van der Waals surface area contributed by atoms with Gasteiger partial charge in [-0.05, 0) is 18.2 Å². The summed E-state index contributed by atoms with van der Waals surface area (Å²) in [4.78, 5) is 11.0. The number of primary amides is 1. The molecule has 0 bridgehead atoms. The molecule has 6 heteroatoms. The predicted molar refractivity (Wildman–Crippen MR) is 60.4 cm³/mol. The molecule has 0 aromatic heterocycles. The molecule has 0 aliphatic rings. The summed E-state index contributed by atoms with van der Waals surface area (Å²) >= 11 is 0. The third-order valence-corrected chi connectivity index (χ3v) is 3.75. The lowest BCUT2D eigenvalue weighted by Gasteiger charge is -2.09. The molecule has 1 aromatic rings. The number of nitrogen functional groups attached to an aromatic ring is 1. The van der Waals surface area contributed by atoms with Gasteiger partial charge in [-0.25, -0.2) is 4.39 Å². The van der Waals surface area contributed by atoms with E-state index >= 15 is 0 Å². The summed E-state index contributed by atoms with van der Waals surface area (Å²) in [6.45, 7) is 1.57. The number of anilines is 1. The minimum atomic E-state index is -1.52. The van der Waals surface area contributed by atoms with E-state index in [-0.39, 0.29) is 16.3 Å². The van der Waals surface area contributed by atoms with Crippen molar-refractivity contribution in [2.24, 2.45) is 11.7 Å². The average Bonchev–Trinajstić information content (AvgIpc) is 2.21. The fourth-order valence-corrected chi connectivity index (χ4v) is 2.48. The van der Waals surface area contributed by atoms with Crippen LogP contribution in [0.3, 0.4) is 0 Å². The first kappa shape index (κ1) is 12.6. The Kier molecular flexibility index (Phi) is 4.00. The van der Waals surface area contributed by atoms with Gasteiger partial charge in [-0.3, -0.25) is 9.00 Å². The van der Waals surface area contributed by atoms with E-state index in [0.29, 0.717) is 0 Å². The second-order valence-corrected chi connectivity index (χ2v) is 4.96. The summed E-state index contributed by atoms with van der Waals surface area (Å²) in [6.07, 6.45) is 0. The van der Waals surface area contributed by atoms with E-state index < -0.39 is 28.4 Å². The Hall–Kier alpha value is -1.43. The van der Waals surface area contributed by atoms with Gasteiger partial charge in [0.2, 0.25) is 5.91 Å². The molecule has 1 amide bonds. The van der Waals surface area contributed by atoms with E-state index in [4.69, 9.17) is 11.5 Å². The number of carbonyl (C=O) groups is 1. The molecule has 0 fully saturated rings. The summed E-state index contributed by atoms with van der Waals surface area (Å²) in [5.74, 6) is -1.54. The molecule has 0 saturated carbocycles. The van der Waals surface area contributed by atoms with Crippen LogP contribution in [0.5, 0.6) is 0 Å². The zero-order valence-electron chi connectivity index (χ0n) is 8.77. The van der Waals surface area contributed by atoms with Gasteiger partial charge in [0, 0.05) is 17.4 Å². The molecule has 16 heavy (non-hydrogen) atoms. The van der Waals surface area contributed by atoms with Crippen molar-refractivity contribution in [2.75, 3.05) is 11.5 Å². The van der Waals surface area contributed by atoms with Gasteiger partial charge in [0.05, 0.1) is 15.7 Å². The van der Waals surface area contributed by atoms with Crippen LogP contribution in [0.1, 0.15) is 6.92 Å². The van der Waals surface area contributed by atoms with Crippen LogP contribution in [0.4, 0.5) is 10.1 Å². The quantitative estimate of drug-likeness (QED) is 0.762. The number of hydrogen-bond donors (Lipinski definition) is 2. The summed E-state index contributed by atoms with van der Waals surface area (Å²) in [5, 5.41) is 0. The molecule has 4 N–H and O–H groups in total. The number of hydrogen-bond acceptors (Lipinski definition) is 3. The highest BCUT2D eigenvalue weighted by molar-refractivity contribution is 7.85. The van der Waals surface area contributed by atoms with Crippen LogP contribution in [-0.4, -0.2) is 15.9 Å². The Bertz CT molecular complexity index is 437. The Labute approximate surface area is 95.3 Å². The highest BCUT2D eigenvalue weighted by atomic mass is 32.2. The van der Waals surface area contributed by atoms with Crippen molar-refractivity contribution >= 4 is 22.4 Å².